The number of para-hydroxylation sites is 1. The number of carbonyl (C=O) groups excluding carboxylic acids is 1. The molecule has 20 heavy (non-hydrogen) atoms. The first-order valence-corrected chi connectivity index (χ1v) is 6.50. The predicted octanol–water partition coefficient (Wildman–Crippen LogP) is 0.588. The van der Waals surface area contributed by atoms with E-state index in [1.165, 1.54) is 0 Å². The Morgan fingerprint density at radius 3 is 2.55 bits per heavy atom. The minimum absolute atomic E-state index is 0.0775. The van der Waals surface area contributed by atoms with Gasteiger partial charge in [-0.25, -0.2) is 0 Å². The topological polar surface area (TPSA) is 78.9 Å². The zero-order chi connectivity index (χ0) is 14.8. The molecule has 0 aromatic heterocycles. The van der Waals surface area contributed by atoms with Crippen LogP contribution in [0.1, 0.15) is 6.92 Å². The lowest BCUT2D eigenvalue weighted by atomic mass is 10.3. The average Bonchev–Trinajstić information content (AvgIpc) is 2.43. The molecule has 0 aliphatic rings. The van der Waals surface area contributed by atoms with Crippen molar-refractivity contribution in [1.82, 2.24) is 10.2 Å². The Bertz CT molecular complexity index is 422. The van der Waals surface area contributed by atoms with Gasteiger partial charge in [-0.3, -0.25) is 14.5 Å². The molecule has 0 atom stereocenters. The number of amides is 1. The fourth-order valence-corrected chi connectivity index (χ4v) is 1.61. The molecule has 110 valence electrons. The van der Waals surface area contributed by atoms with Gasteiger partial charge in [0, 0.05) is 0 Å². The highest BCUT2D eigenvalue weighted by molar-refractivity contribution is 5.79. The van der Waals surface area contributed by atoms with Crippen LogP contribution in [0.4, 0.5) is 0 Å². The summed E-state index contributed by atoms with van der Waals surface area (Å²) < 4.78 is 5.43. The molecule has 0 radical (unpaired) electrons. The maximum absolute atomic E-state index is 11.6. The summed E-state index contributed by atoms with van der Waals surface area (Å²) in [4.78, 5) is 23.7. The molecule has 6 heteroatoms. The van der Waals surface area contributed by atoms with Crippen LogP contribution >= 0.6 is 0 Å². The predicted molar refractivity (Wildman–Crippen MR) is 74.7 cm³/mol. The number of carbonyl (C=O) groups is 2. The number of likely N-dealkylation sites (N-methyl/N-ethyl adjacent to an activating group) is 1. The summed E-state index contributed by atoms with van der Waals surface area (Å²) in [6, 6.07) is 9.33. The molecule has 0 bridgehead atoms. The SMILES string of the molecule is CCN(CC(=O)O)CC(=O)NCCOc1ccccc1. The first-order valence-electron chi connectivity index (χ1n) is 6.50. The first kappa shape index (κ1) is 16.0. The largest absolute Gasteiger partial charge is 0.492 e. The van der Waals surface area contributed by atoms with E-state index in [0.717, 1.165) is 5.75 Å². The summed E-state index contributed by atoms with van der Waals surface area (Å²) >= 11 is 0. The summed E-state index contributed by atoms with van der Waals surface area (Å²) in [6.45, 7) is 3.03. The van der Waals surface area contributed by atoms with Gasteiger partial charge in [0.1, 0.15) is 12.4 Å². The van der Waals surface area contributed by atoms with Gasteiger partial charge in [0.2, 0.25) is 5.91 Å². The molecule has 1 aromatic carbocycles. The van der Waals surface area contributed by atoms with E-state index in [0.29, 0.717) is 19.7 Å². The molecule has 0 heterocycles. The lowest BCUT2D eigenvalue weighted by molar-refractivity contribution is -0.138. The number of ether oxygens (including phenoxy) is 1. The summed E-state index contributed by atoms with van der Waals surface area (Å²) in [5.41, 5.74) is 0. The van der Waals surface area contributed by atoms with Gasteiger partial charge in [0.05, 0.1) is 19.6 Å². The van der Waals surface area contributed by atoms with E-state index in [1.54, 1.807) is 4.90 Å². The molecule has 6 nitrogen and oxygen atoms in total. The summed E-state index contributed by atoms with van der Waals surface area (Å²) in [7, 11) is 0. The van der Waals surface area contributed by atoms with Crippen molar-refractivity contribution < 1.29 is 19.4 Å². The van der Waals surface area contributed by atoms with Crippen molar-refractivity contribution in [2.75, 3.05) is 32.8 Å². The first-order chi connectivity index (χ1) is 9.61. The minimum Gasteiger partial charge on any atom is -0.492 e. The number of hydrogen-bond acceptors (Lipinski definition) is 4. The highest BCUT2D eigenvalue weighted by Crippen LogP contribution is 2.07. The standard InChI is InChI=1S/C14H20N2O4/c1-2-16(11-14(18)19)10-13(17)15-8-9-20-12-6-4-3-5-7-12/h3-7H,2,8-11H2,1H3,(H,15,17)(H,18,19). The molecule has 0 aliphatic carbocycles. The van der Waals surface area contributed by atoms with Gasteiger partial charge in [-0.15, -0.1) is 0 Å². The van der Waals surface area contributed by atoms with E-state index in [4.69, 9.17) is 9.84 Å². The maximum atomic E-state index is 11.6. The molecule has 1 amide bonds. The van der Waals surface area contributed by atoms with Crippen molar-refractivity contribution in [3.05, 3.63) is 30.3 Å². The molecule has 1 aromatic rings. The molecule has 0 spiro atoms. The van der Waals surface area contributed by atoms with Crippen molar-refractivity contribution in [1.29, 1.82) is 0 Å². The van der Waals surface area contributed by atoms with Gasteiger partial charge in [-0.1, -0.05) is 25.1 Å². The fraction of sp³-hybridized carbons (Fsp3) is 0.429. The number of aliphatic carboxylic acids is 1. The van der Waals surface area contributed by atoms with Gasteiger partial charge in [0.15, 0.2) is 0 Å². The van der Waals surface area contributed by atoms with Gasteiger partial charge in [0.25, 0.3) is 0 Å². The molecule has 1 rings (SSSR count). The third-order valence-electron chi connectivity index (χ3n) is 2.61. The third-order valence-corrected chi connectivity index (χ3v) is 2.61. The fourth-order valence-electron chi connectivity index (χ4n) is 1.61. The number of carboxylic acid groups (broad SMARTS) is 1. The average molecular weight is 280 g/mol. The molecular weight excluding hydrogens is 260 g/mol. The van der Waals surface area contributed by atoms with Crippen molar-refractivity contribution in [2.24, 2.45) is 0 Å². The maximum Gasteiger partial charge on any atom is 0.317 e. The number of nitrogens with one attached hydrogen (secondary N) is 1. The van der Waals surface area contributed by atoms with Crippen molar-refractivity contribution in [3.63, 3.8) is 0 Å². The molecule has 0 aliphatic heterocycles. The summed E-state index contributed by atoms with van der Waals surface area (Å²) in [6.07, 6.45) is 0. The van der Waals surface area contributed by atoms with Crippen LogP contribution in [-0.4, -0.2) is 54.7 Å². The molecule has 2 N–H and O–H groups in total. The second-order valence-electron chi connectivity index (χ2n) is 4.21. The minimum atomic E-state index is -0.938. The molecule has 0 saturated heterocycles. The van der Waals surface area contributed by atoms with Gasteiger partial charge in [-0.2, -0.15) is 0 Å². The van der Waals surface area contributed by atoms with E-state index in [-0.39, 0.29) is 19.0 Å². The lowest BCUT2D eigenvalue weighted by Crippen LogP contribution is -2.40. The Morgan fingerprint density at radius 1 is 1.25 bits per heavy atom. The van der Waals surface area contributed by atoms with Crippen LogP contribution in [0.5, 0.6) is 5.75 Å². The zero-order valence-corrected chi connectivity index (χ0v) is 11.5. The van der Waals surface area contributed by atoms with E-state index >= 15 is 0 Å². The van der Waals surface area contributed by atoms with Gasteiger partial charge >= 0.3 is 5.97 Å². The van der Waals surface area contributed by atoms with Crippen LogP contribution < -0.4 is 10.1 Å². The van der Waals surface area contributed by atoms with Gasteiger partial charge < -0.3 is 15.2 Å². The second kappa shape index (κ2) is 8.92. The smallest absolute Gasteiger partial charge is 0.317 e. The Hall–Kier alpha value is -2.08. The Balaban J connectivity index is 2.18. The van der Waals surface area contributed by atoms with E-state index in [2.05, 4.69) is 5.32 Å². The van der Waals surface area contributed by atoms with Crippen molar-refractivity contribution in [2.45, 2.75) is 6.92 Å². The number of hydrogen-bond donors (Lipinski definition) is 2. The summed E-state index contributed by atoms with van der Waals surface area (Å²) in [5.74, 6) is -0.389. The Labute approximate surface area is 118 Å². The zero-order valence-electron chi connectivity index (χ0n) is 11.5. The highest BCUT2D eigenvalue weighted by Gasteiger charge is 2.11. The quantitative estimate of drug-likeness (QED) is 0.647. The number of nitrogens with zero attached hydrogens (tertiary/aromatic N) is 1. The van der Waals surface area contributed by atoms with E-state index in [1.807, 2.05) is 37.3 Å². The van der Waals surface area contributed by atoms with Crippen LogP contribution in [0.25, 0.3) is 0 Å². The monoisotopic (exact) mass is 280 g/mol. The van der Waals surface area contributed by atoms with Crippen LogP contribution in [0.15, 0.2) is 30.3 Å². The van der Waals surface area contributed by atoms with Crippen LogP contribution in [0, 0.1) is 0 Å². The lowest BCUT2D eigenvalue weighted by Gasteiger charge is -2.17. The van der Waals surface area contributed by atoms with Crippen LogP contribution in [0.3, 0.4) is 0 Å². The molecule has 0 fully saturated rings. The normalized spacial score (nSPS) is 10.3. The van der Waals surface area contributed by atoms with E-state index < -0.39 is 5.97 Å². The van der Waals surface area contributed by atoms with Gasteiger partial charge in [-0.05, 0) is 18.7 Å². The third kappa shape index (κ3) is 6.75. The number of rotatable bonds is 9. The van der Waals surface area contributed by atoms with Crippen LogP contribution in [-0.2, 0) is 9.59 Å². The Morgan fingerprint density at radius 2 is 1.95 bits per heavy atom. The highest BCUT2D eigenvalue weighted by atomic mass is 16.5. The van der Waals surface area contributed by atoms with Crippen molar-refractivity contribution in [3.8, 4) is 5.75 Å². The Kier molecular flexibility index (Phi) is 7.13. The molecule has 0 unspecified atom stereocenters. The summed E-state index contributed by atoms with van der Waals surface area (Å²) in [5, 5.41) is 11.4. The molecule has 0 saturated carbocycles. The second-order valence-corrected chi connectivity index (χ2v) is 4.21. The van der Waals surface area contributed by atoms with Crippen molar-refractivity contribution >= 4 is 11.9 Å². The molecular formula is C14H20N2O4. The van der Waals surface area contributed by atoms with Crippen LogP contribution in [0.2, 0.25) is 0 Å². The number of carboxylic acids is 1. The van der Waals surface area contributed by atoms with E-state index in [9.17, 15) is 9.59 Å². The number of benzene rings is 1.